The van der Waals surface area contributed by atoms with Crippen LogP contribution in [0, 0.1) is 18.3 Å². The van der Waals surface area contributed by atoms with Gasteiger partial charge in [0, 0.05) is 31.2 Å². The summed E-state index contributed by atoms with van der Waals surface area (Å²) in [6.07, 6.45) is 4.86. The second-order valence-electron chi connectivity index (χ2n) is 5.11. The fourth-order valence-electron chi connectivity index (χ4n) is 2.40. The maximum atomic E-state index is 12.2. The maximum Gasteiger partial charge on any atom is 0.254 e. The zero-order valence-electron chi connectivity index (χ0n) is 12.7. The molecule has 0 bridgehead atoms. The number of hydrogen-bond acceptors (Lipinski definition) is 5. The van der Waals surface area contributed by atoms with Crippen molar-refractivity contribution in [3.05, 3.63) is 41.9 Å². The third-order valence-corrected chi connectivity index (χ3v) is 3.48. The molecule has 0 saturated heterocycles. The molecular weight excluding hydrogens is 292 g/mol. The summed E-state index contributed by atoms with van der Waals surface area (Å²) in [5.74, 6) is 0.272. The summed E-state index contributed by atoms with van der Waals surface area (Å²) < 4.78 is 1.84. The number of nitrogens with one attached hydrogen (secondary N) is 1. The SMILES string of the molecule is Cc1cnc2c(c1)nc(-c1ccncc1C(=O)NCC#N)n2C. The molecular formula is C16H14N6O. The number of pyridine rings is 2. The van der Waals surface area contributed by atoms with Gasteiger partial charge >= 0.3 is 0 Å². The van der Waals surface area contributed by atoms with E-state index in [4.69, 9.17) is 5.26 Å². The first-order valence-corrected chi connectivity index (χ1v) is 7.00. The highest BCUT2D eigenvalue weighted by molar-refractivity contribution is 6.00. The Bertz CT molecular complexity index is 937. The second kappa shape index (κ2) is 5.85. The van der Waals surface area contributed by atoms with Crippen LogP contribution in [0.25, 0.3) is 22.6 Å². The average molecular weight is 306 g/mol. The number of rotatable bonds is 3. The Hall–Kier alpha value is -3.27. The number of amides is 1. The number of hydrogen-bond donors (Lipinski definition) is 1. The minimum Gasteiger partial charge on any atom is -0.339 e. The van der Waals surface area contributed by atoms with Crippen molar-refractivity contribution in [2.45, 2.75) is 6.92 Å². The van der Waals surface area contributed by atoms with E-state index in [1.807, 2.05) is 30.7 Å². The van der Waals surface area contributed by atoms with Crippen molar-refractivity contribution in [3.8, 4) is 17.5 Å². The largest absolute Gasteiger partial charge is 0.339 e. The summed E-state index contributed by atoms with van der Waals surface area (Å²) in [7, 11) is 1.85. The quantitative estimate of drug-likeness (QED) is 0.741. The predicted molar refractivity (Wildman–Crippen MR) is 84.4 cm³/mol. The fourth-order valence-corrected chi connectivity index (χ4v) is 2.40. The average Bonchev–Trinajstić information content (AvgIpc) is 2.88. The molecule has 7 heteroatoms. The van der Waals surface area contributed by atoms with Gasteiger partial charge in [-0.25, -0.2) is 9.97 Å². The van der Waals surface area contributed by atoms with Gasteiger partial charge in [-0.15, -0.1) is 0 Å². The molecule has 3 heterocycles. The normalized spacial score (nSPS) is 10.5. The lowest BCUT2D eigenvalue weighted by molar-refractivity contribution is 0.0958. The Kier molecular flexibility index (Phi) is 3.73. The summed E-state index contributed by atoms with van der Waals surface area (Å²) in [4.78, 5) is 25.2. The zero-order chi connectivity index (χ0) is 16.4. The van der Waals surface area contributed by atoms with Crippen molar-refractivity contribution >= 4 is 17.1 Å². The highest BCUT2D eigenvalue weighted by atomic mass is 16.1. The number of carbonyl (C=O) groups excluding carboxylic acids is 1. The Morgan fingerprint density at radius 2 is 2.26 bits per heavy atom. The van der Waals surface area contributed by atoms with Gasteiger partial charge in [0.05, 0.1) is 11.6 Å². The van der Waals surface area contributed by atoms with Crippen LogP contribution in [0.15, 0.2) is 30.7 Å². The minimum absolute atomic E-state index is 0.0591. The number of aromatic nitrogens is 4. The summed E-state index contributed by atoms with van der Waals surface area (Å²) in [6.45, 7) is 1.89. The van der Waals surface area contributed by atoms with Crippen LogP contribution in [0.3, 0.4) is 0 Å². The van der Waals surface area contributed by atoms with Crippen molar-refractivity contribution in [2.75, 3.05) is 6.54 Å². The van der Waals surface area contributed by atoms with E-state index in [1.165, 1.54) is 6.20 Å². The van der Waals surface area contributed by atoms with Gasteiger partial charge in [-0.2, -0.15) is 5.26 Å². The van der Waals surface area contributed by atoms with Gasteiger partial charge in [0.25, 0.3) is 5.91 Å². The highest BCUT2D eigenvalue weighted by Crippen LogP contribution is 2.25. The minimum atomic E-state index is -0.356. The second-order valence-corrected chi connectivity index (χ2v) is 5.11. The Labute approximate surface area is 132 Å². The van der Waals surface area contributed by atoms with Gasteiger partial charge in [-0.05, 0) is 24.6 Å². The van der Waals surface area contributed by atoms with Crippen LogP contribution in [-0.4, -0.2) is 32.0 Å². The molecule has 1 amide bonds. The number of carbonyl (C=O) groups is 1. The monoisotopic (exact) mass is 306 g/mol. The molecule has 0 aliphatic heterocycles. The molecule has 7 nitrogen and oxygen atoms in total. The first-order valence-electron chi connectivity index (χ1n) is 7.00. The van der Waals surface area contributed by atoms with E-state index in [-0.39, 0.29) is 12.5 Å². The third kappa shape index (κ3) is 2.62. The molecule has 0 aliphatic rings. The maximum absolute atomic E-state index is 12.2. The lowest BCUT2D eigenvalue weighted by Gasteiger charge is -2.08. The molecule has 23 heavy (non-hydrogen) atoms. The highest BCUT2D eigenvalue weighted by Gasteiger charge is 2.18. The summed E-state index contributed by atoms with van der Waals surface area (Å²) >= 11 is 0. The van der Waals surface area contributed by atoms with E-state index in [0.29, 0.717) is 17.0 Å². The van der Waals surface area contributed by atoms with E-state index in [9.17, 15) is 4.79 Å². The van der Waals surface area contributed by atoms with Crippen LogP contribution < -0.4 is 5.32 Å². The number of fused-ring (bicyclic) bond motifs is 1. The van der Waals surface area contributed by atoms with Crippen molar-refractivity contribution in [3.63, 3.8) is 0 Å². The standard InChI is InChI=1S/C16H14N6O/c1-10-7-13-15(20-8-10)22(2)14(21-13)11-3-5-18-9-12(11)16(23)19-6-4-17/h3,5,7-9H,6H2,1-2H3,(H,19,23). The third-order valence-electron chi connectivity index (χ3n) is 3.48. The number of imidazole rings is 1. The zero-order valence-corrected chi connectivity index (χ0v) is 12.7. The van der Waals surface area contributed by atoms with Gasteiger partial charge < -0.3 is 9.88 Å². The number of nitrogens with zero attached hydrogens (tertiary/aromatic N) is 5. The van der Waals surface area contributed by atoms with E-state index in [0.717, 1.165) is 16.7 Å². The molecule has 0 spiro atoms. The number of nitriles is 1. The molecule has 0 aromatic carbocycles. The molecule has 0 radical (unpaired) electrons. The summed E-state index contributed by atoms with van der Waals surface area (Å²) in [5, 5.41) is 11.1. The summed E-state index contributed by atoms with van der Waals surface area (Å²) in [5.41, 5.74) is 3.55. The van der Waals surface area contributed by atoms with Gasteiger partial charge in [-0.1, -0.05) is 0 Å². The predicted octanol–water partition coefficient (Wildman–Crippen LogP) is 1.59. The molecule has 0 fully saturated rings. The molecule has 1 N–H and O–H groups in total. The molecule has 0 saturated carbocycles. The van der Waals surface area contributed by atoms with Gasteiger partial charge in [0.1, 0.15) is 17.9 Å². The molecule has 3 aromatic heterocycles. The van der Waals surface area contributed by atoms with Gasteiger partial charge in [0.15, 0.2) is 5.65 Å². The van der Waals surface area contributed by atoms with E-state index >= 15 is 0 Å². The van der Waals surface area contributed by atoms with Crippen LogP contribution in [0.4, 0.5) is 0 Å². The Balaban J connectivity index is 2.14. The van der Waals surface area contributed by atoms with E-state index in [2.05, 4.69) is 20.3 Å². The lowest BCUT2D eigenvalue weighted by Crippen LogP contribution is -2.24. The van der Waals surface area contributed by atoms with Crippen molar-refractivity contribution in [2.24, 2.45) is 7.05 Å². The first-order chi connectivity index (χ1) is 11.1. The van der Waals surface area contributed by atoms with Crippen LogP contribution in [0.1, 0.15) is 15.9 Å². The molecule has 0 unspecified atom stereocenters. The summed E-state index contributed by atoms with van der Waals surface area (Å²) in [6, 6.07) is 5.56. The molecule has 3 aromatic rings. The van der Waals surface area contributed by atoms with Gasteiger partial charge in [0.2, 0.25) is 0 Å². The van der Waals surface area contributed by atoms with Crippen LogP contribution >= 0.6 is 0 Å². The Morgan fingerprint density at radius 1 is 1.43 bits per heavy atom. The molecule has 3 rings (SSSR count). The first kappa shape index (κ1) is 14.7. The lowest BCUT2D eigenvalue weighted by atomic mass is 10.1. The van der Waals surface area contributed by atoms with Crippen LogP contribution in [0.2, 0.25) is 0 Å². The van der Waals surface area contributed by atoms with Crippen molar-refractivity contribution < 1.29 is 4.79 Å². The van der Waals surface area contributed by atoms with E-state index in [1.54, 1.807) is 18.5 Å². The van der Waals surface area contributed by atoms with Crippen molar-refractivity contribution in [1.82, 2.24) is 24.8 Å². The molecule has 0 atom stereocenters. The number of aryl methyl sites for hydroxylation is 2. The van der Waals surface area contributed by atoms with Gasteiger partial charge in [-0.3, -0.25) is 9.78 Å². The molecule has 114 valence electrons. The van der Waals surface area contributed by atoms with E-state index < -0.39 is 0 Å². The smallest absolute Gasteiger partial charge is 0.254 e. The van der Waals surface area contributed by atoms with Crippen LogP contribution in [0.5, 0.6) is 0 Å². The van der Waals surface area contributed by atoms with Crippen molar-refractivity contribution in [1.29, 1.82) is 5.26 Å². The van der Waals surface area contributed by atoms with Crippen LogP contribution in [-0.2, 0) is 7.05 Å². The molecule has 0 aliphatic carbocycles. The Morgan fingerprint density at radius 3 is 3.04 bits per heavy atom. The fraction of sp³-hybridized carbons (Fsp3) is 0.188. The topological polar surface area (TPSA) is 96.5 Å².